The lowest BCUT2D eigenvalue weighted by Crippen LogP contribution is -2.49. The lowest BCUT2D eigenvalue weighted by Gasteiger charge is -2.49. The van der Waals surface area contributed by atoms with E-state index in [-0.39, 0.29) is 30.2 Å². The zero-order chi connectivity index (χ0) is 15.9. The van der Waals surface area contributed by atoms with Crippen LogP contribution in [0.3, 0.4) is 0 Å². The summed E-state index contributed by atoms with van der Waals surface area (Å²) in [5.41, 5.74) is 9.83. The van der Waals surface area contributed by atoms with Gasteiger partial charge in [-0.1, -0.05) is 30.2 Å². The van der Waals surface area contributed by atoms with Crippen LogP contribution in [0.5, 0.6) is 0 Å². The highest BCUT2D eigenvalue weighted by Gasteiger charge is 2.48. The number of benzene rings is 1. The Kier molecular flexibility index (Phi) is 6.80. The molecule has 0 bridgehead atoms. The zero-order valence-electron chi connectivity index (χ0n) is 14.1. The van der Waals surface area contributed by atoms with Gasteiger partial charge in [-0.05, 0) is 49.1 Å². The highest BCUT2D eigenvalue weighted by molar-refractivity contribution is 6.30. The molecule has 0 saturated heterocycles. The van der Waals surface area contributed by atoms with E-state index in [0.29, 0.717) is 12.6 Å². The third-order valence-electron chi connectivity index (χ3n) is 5.46. The molecule has 0 spiro atoms. The molecular formula is C18H25Cl3N4. The average Bonchev–Trinajstić information content (AvgIpc) is 2.92. The lowest BCUT2D eigenvalue weighted by atomic mass is 9.58. The first-order chi connectivity index (χ1) is 11.2. The van der Waals surface area contributed by atoms with E-state index in [1.807, 2.05) is 16.8 Å². The molecule has 4 rings (SSSR count). The summed E-state index contributed by atoms with van der Waals surface area (Å²) in [4.78, 5) is 0. The molecule has 138 valence electrons. The molecule has 1 aliphatic carbocycles. The molecule has 1 fully saturated rings. The molecule has 1 aromatic carbocycles. The number of hydrogen-bond donors (Lipinski definition) is 2. The summed E-state index contributed by atoms with van der Waals surface area (Å²) in [6, 6.07) is 8.68. The number of aromatic nitrogens is 2. The van der Waals surface area contributed by atoms with Gasteiger partial charge in [-0.3, -0.25) is 4.68 Å². The summed E-state index contributed by atoms with van der Waals surface area (Å²) in [7, 11) is 0. The van der Waals surface area contributed by atoms with Gasteiger partial charge in [-0.15, -0.1) is 24.8 Å². The van der Waals surface area contributed by atoms with Crippen LogP contribution in [-0.4, -0.2) is 22.9 Å². The largest absolute Gasteiger partial charge is 0.329 e. The van der Waals surface area contributed by atoms with Crippen LogP contribution in [0.25, 0.3) is 0 Å². The first-order valence-corrected chi connectivity index (χ1v) is 8.86. The first kappa shape index (κ1) is 20.5. The van der Waals surface area contributed by atoms with Gasteiger partial charge < -0.3 is 11.1 Å². The molecular weight excluding hydrogens is 379 g/mol. The van der Waals surface area contributed by atoms with Gasteiger partial charge >= 0.3 is 0 Å². The molecule has 1 saturated carbocycles. The van der Waals surface area contributed by atoms with Gasteiger partial charge in [0.15, 0.2) is 0 Å². The smallest absolute Gasteiger partial charge is 0.0835 e. The van der Waals surface area contributed by atoms with Crippen molar-refractivity contribution in [2.45, 2.75) is 43.7 Å². The van der Waals surface area contributed by atoms with E-state index in [4.69, 9.17) is 22.4 Å². The number of nitrogens with one attached hydrogen (secondary N) is 1. The van der Waals surface area contributed by atoms with Gasteiger partial charge in [0.2, 0.25) is 0 Å². The van der Waals surface area contributed by atoms with Crippen molar-refractivity contribution in [1.29, 1.82) is 0 Å². The molecule has 1 aromatic heterocycles. The van der Waals surface area contributed by atoms with E-state index in [1.165, 1.54) is 36.1 Å². The Morgan fingerprint density at radius 3 is 2.56 bits per heavy atom. The molecule has 25 heavy (non-hydrogen) atoms. The van der Waals surface area contributed by atoms with Gasteiger partial charge in [-0.25, -0.2) is 0 Å². The number of halogens is 3. The van der Waals surface area contributed by atoms with Crippen molar-refractivity contribution in [3.63, 3.8) is 0 Å². The predicted octanol–water partition coefficient (Wildman–Crippen LogP) is 3.65. The molecule has 7 heteroatoms. The quantitative estimate of drug-likeness (QED) is 0.819. The molecule has 0 radical (unpaired) electrons. The Morgan fingerprint density at radius 1 is 1.24 bits per heavy atom. The molecule has 3 N–H and O–H groups in total. The van der Waals surface area contributed by atoms with Crippen molar-refractivity contribution in [3.05, 3.63) is 52.3 Å². The Hall–Kier alpha value is -0.780. The van der Waals surface area contributed by atoms with E-state index >= 15 is 0 Å². The maximum atomic E-state index is 6.08. The SMILES string of the molecule is Cl.Cl.NCCn1cc2c(n1)C(C1(c3ccc(Cl)cc3)CCC1)NCC2. The van der Waals surface area contributed by atoms with Crippen molar-refractivity contribution < 1.29 is 0 Å². The minimum atomic E-state index is 0. The Balaban J connectivity index is 0.00000113. The molecule has 4 nitrogen and oxygen atoms in total. The number of rotatable bonds is 4. The molecule has 1 unspecified atom stereocenters. The van der Waals surface area contributed by atoms with Crippen LogP contribution < -0.4 is 11.1 Å². The average molecular weight is 404 g/mol. The molecule has 0 amide bonds. The van der Waals surface area contributed by atoms with Crippen LogP contribution in [0, 0.1) is 0 Å². The summed E-state index contributed by atoms with van der Waals surface area (Å²) >= 11 is 6.08. The van der Waals surface area contributed by atoms with Crippen molar-refractivity contribution in [2.75, 3.05) is 13.1 Å². The molecule has 1 aliphatic heterocycles. The molecule has 2 aromatic rings. The van der Waals surface area contributed by atoms with Crippen molar-refractivity contribution in [2.24, 2.45) is 5.73 Å². The fourth-order valence-electron chi connectivity index (χ4n) is 4.15. The van der Waals surface area contributed by atoms with Crippen LogP contribution in [0.1, 0.15) is 42.1 Å². The Labute approximate surface area is 166 Å². The summed E-state index contributed by atoms with van der Waals surface area (Å²) in [6.45, 7) is 2.43. The van der Waals surface area contributed by atoms with Gasteiger partial charge in [-0.2, -0.15) is 5.10 Å². The van der Waals surface area contributed by atoms with Crippen LogP contribution in [-0.2, 0) is 18.4 Å². The maximum Gasteiger partial charge on any atom is 0.0835 e. The molecule has 1 atom stereocenters. The summed E-state index contributed by atoms with van der Waals surface area (Å²) < 4.78 is 2.01. The van der Waals surface area contributed by atoms with Crippen LogP contribution in [0.15, 0.2) is 30.5 Å². The first-order valence-electron chi connectivity index (χ1n) is 8.49. The Bertz CT molecular complexity index is 695. The number of hydrogen-bond acceptors (Lipinski definition) is 3. The summed E-state index contributed by atoms with van der Waals surface area (Å²) in [6.07, 6.45) is 6.92. The van der Waals surface area contributed by atoms with Gasteiger partial charge in [0.1, 0.15) is 0 Å². The minimum Gasteiger partial charge on any atom is -0.329 e. The fraction of sp³-hybridized carbons (Fsp3) is 0.500. The van der Waals surface area contributed by atoms with E-state index < -0.39 is 0 Å². The minimum absolute atomic E-state index is 0. The van der Waals surface area contributed by atoms with Gasteiger partial charge in [0, 0.05) is 23.2 Å². The maximum absolute atomic E-state index is 6.08. The highest BCUT2D eigenvalue weighted by Crippen LogP contribution is 2.53. The van der Waals surface area contributed by atoms with E-state index in [1.54, 1.807) is 0 Å². The number of nitrogens with zero attached hydrogens (tertiary/aromatic N) is 2. The highest BCUT2D eigenvalue weighted by atomic mass is 35.5. The summed E-state index contributed by atoms with van der Waals surface area (Å²) in [5.74, 6) is 0. The number of nitrogens with two attached hydrogens (primary N) is 1. The van der Waals surface area contributed by atoms with Crippen LogP contribution in [0.4, 0.5) is 0 Å². The second-order valence-electron chi connectivity index (χ2n) is 6.75. The Morgan fingerprint density at radius 2 is 1.96 bits per heavy atom. The number of fused-ring (bicyclic) bond motifs is 1. The molecule has 2 heterocycles. The standard InChI is InChI=1S/C18H23ClN4.2ClH/c19-15-4-2-14(3-5-15)18(7-1-8-18)17-16-13(6-10-21-17)12-23(22-16)11-9-20;;/h2-5,12,17,21H,1,6-11,20H2;2*1H. The van der Waals surface area contributed by atoms with Crippen LogP contribution >= 0.6 is 36.4 Å². The van der Waals surface area contributed by atoms with Gasteiger partial charge in [0.25, 0.3) is 0 Å². The second-order valence-corrected chi connectivity index (χ2v) is 7.18. The fourth-order valence-corrected chi connectivity index (χ4v) is 4.27. The second kappa shape index (κ2) is 8.28. The van der Waals surface area contributed by atoms with Crippen molar-refractivity contribution in [3.8, 4) is 0 Å². The summed E-state index contributed by atoms with van der Waals surface area (Å²) in [5, 5.41) is 9.41. The molecule has 2 aliphatic rings. The topological polar surface area (TPSA) is 55.9 Å². The van der Waals surface area contributed by atoms with E-state index in [0.717, 1.165) is 24.5 Å². The van der Waals surface area contributed by atoms with Crippen molar-refractivity contribution >= 4 is 36.4 Å². The van der Waals surface area contributed by atoms with Crippen molar-refractivity contribution in [1.82, 2.24) is 15.1 Å². The third-order valence-corrected chi connectivity index (χ3v) is 5.71. The zero-order valence-corrected chi connectivity index (χ0v) is 16.5. The van der Waals surface area contributed by atoms with E-state index in [2.05, 4.69) is 23.6 Å². The monoisotopic (exact) mass is 402 g/mol. The van der Waals surface area contributed by atoms with Gasteiger partial charge in [0.05, 0.1) is 18.3 Å². The third kappa shape index (κ3) is 3.56. The normalized spacial score (nSPS) is 20.6. The predicted molar refractivity (Wildman–Crippen MR) is 107 cm³/mol. The van der Waals surface area contributed by atoms with E-state index in [9.17, 15) is 0 Å². The lowest BCUT2D eigenvalue weighted by molar-refractivity contribution is 0.161. The van der Waals surface area contributed by atoms with Crippen LogP contribution in [0.2, 0.25) is 5.02 Å².